The Balaban J connectivity index is 2.10. The van der Waals surface area contributed by atoms with E-state index in [2.05, 4.69) is 38.3 Å². The first-order valence-electron chi connectivity index (χ1n) is 6.85. The zero-order valence-electron chi connectivity index (χ0n) is 12.3. The van der Waals surface area contributed by atoms with Gasteiger partial charge in [-0.3, -0.25) is 0 Å². The molecule has 2 aromatic carbocycles. The quantitative estimate of drug-likeness (QED) is 0.560. The maximum atomic E-state index is 6.26. The molecule has 0 saturated heterocycles. The zero-order chi connectivity index (χ0) is 15.0. The van der Waals surface area contributed by atoms with E-state index in [9.17, 15) is 0 Å². The SMILES string of the molecule is Cc1cc(C)c(-c2csc(-c3ccccc3Cl)n2)c(C)c1. The standard InChI is InChI=1S/C18H16ClNS/c1-11-8-12(2)17(13(3)9-11)16-10-21-18(20-16)14-6-4-5-7-15(14)19/h4-10H,1-3H3. The van der Waals surface area contributed by atoms with Crippen molar-refractivity contribution in [2.75, 3.05) is 0 Å². The molecule has 1 aromatic heterocycles. The second-order valence-corrected chi connectivity index (χ2v) is 6.56. The molecule has 0 atom stereocenters. The van der Waals surface area contributed by atoms with Crippen LogP contribution < -0.4 is 0 Å². The summed E-state index contributed by atoms with van der Waals surface area (Å²) in [5.74, 6) is 0. The molecule has 106 valence electrons. The minimum Gasteiger partial charge on any atom is -0.236 e. The summed E-state index contributed by atoms with van der Waals surface area (Å²) in [5, 5.41) is 3.83. The molecule has 3 aromatic rings. The molecule has 0 spiro atoms. The van der Waals surface area contributed by atoms with Crippen LogP contribution in [0, 0.1) is 20.8 Å². The normalized spacial score (nSPS) is 10.9. The van der Waals surface area contributed by atoms with E-state index in [1.807, 2.05) is 24.3 Å². The molecule has 3 heteroatoms. The summed E-state index contributed by atoms with van der Waals surface area (Å²) in [7, 11) is 0. The number of thiazole rings is 1. The lowest BCUT2D eigenvalue weighted by atomic mass is 9.98. The van der Waals surface area contributed by atoms with Gasteiger partial charge in [-0.1, -0.05) is 47.5 Å². The van der Waals surface area contributed by atoms with Gasteiger partial charge in [0.1, 0.15) is 5.01 Å². The fourth-order valence-corrected chi connectivity index (χ4v) is 3.86. The molecule has 0 amide bonds. The Labute approximate surface area is 134 Å². The van der Waals surface area contributed by atoms with Gasteiger partial charge >= 0.3 is 0 Å². The zero-order valence-corrected chi connectivity index (χ0v) is 13.8. The summed E-state index contributed by atoms with van der Waals surface area (Å²) in [6, 6.07) is 12.3. The van der Waals surface area contributed by atoms with Crippen molar-refractivity contribution in [1.29, 1.82) is 0 Å². The van der Waals surface area contributed by atoms with Crippen LogP contribution in [0.4, 0.5) is 0 Å². The maximum absolute atomic E-state index is 6.26. The van der Waals surface area contributed by atoms with Crippen LogP contribution in [-0.2, 0) is 0 Å². The summed E-state index contributed by atoms with van der Waals surface area (Å²) < 4.78 is 0. The molecule has 0 aliphatic rings. The summed E-state index contributed by atoms with van der Waals surface area (Å²) in [4.78, 5) is 4.80. The molecule has 0 fully saturated rings. The van der Waals surface area contributed by atoms with Crippen molar-refractivity contribution in [3.8, 4) is 21.8 Å². The van der Waals surface area contributed by atoms with Crippen LogP contribution in [0.3, 0.4) is 0 Å². The molecule has 21 heavy (non-hydrogen) atoms. The molecule has 0 saturated carbocycles. The van der Waals surface area contributed by atoms with Gasteiger partial charge in [0, 0.05) is 16.5 Å². The van der Waals surface area contributed by atoms with E-state index in [4.69, 9.17) is 16.6 Å². The van der Waals surface area contributed by atoms with E-state index in [1.54, 1.807) is 11.3 Å². The molecule has 0 bridgehead atoms. The van der Waals surface area contributed by atoms with Gasteiger partial charge in [-0.25, -0.2) is 4.98 Å². The lowest BCUT2D eigenvalue weighted by Gasteiger charge is -2.08. The van der Waals surface area contributed by atoms with Crippen LogP contribution in [0.1, 0.15) is 16.7 Å². The molecular formula is C18H16ClNS. The molecular weight excluding hydrogens is 298 g/mol. The molecule has 1 nitrogen and oxygen atoms in total. The fourth-order valence-electron chi connectivity index (χ4n) is 2.73. The van der Waals surface area contributed by atoms with Gasteiger partial charge in [0.2, 0.25) is 0 Å². The van der Waals surface area contributed by atoms with Gasteiger partial charge in [-0.05, 0) is 38.0 Å². The fraction of sp³-hybridized carbons (Fsp3) is 0.167. The first-order chi connectivity index (χ1) is 10.1. The van der Waals surface area contributed by atoms with Gasteiger partial charge in [0.15, 0.2) is 0 Å². The van der Waals surface area contributed by atoms with E-state index in [0.29, 0.717) is 0 Å². The van der Waals surface area contributed by atoms with Crippen LogP contribution in [0.25, 0.3) is 21.8 Å². The van der Waals surface area contributed by atoms with Crippen molar-refractivity contribution >= 4 is 22.9 Å². The smallest absolute Gasteiger partial charge is 0.125 e. The van der Waals surface area contributed by atoms with E-state index in [0.717, 1.165) is 21.3 Å². The number of hydrogen-bond donors (Lipinski definition) is 0. The predicted molar refractivity (Wildman–Crippen MR) is 92.2 cm³/mol. The molecule has 0 N–H and O–H groups in total. The van der Waals surface area contributed by atoms with Crippen molar-refractivity contribution in [3.05, 3.63) is 63.5 Å². The van der Waals surface area contributed by atoms with Crippen molar-refractivity contribution in [1.82, 2.24) is 4.98 Å². The Kier molecular flexibility index (Phi) is 3.83. The van der Waals surface area contributed by atoms with Gasteiger partial charge in [-0.2, -0.15) is 0 Å². The van der Waals surface area contributed by atoms with E-state index < -0.39 is 0 Å². The highest BCUT2D eigenvalue weighted by Crippen LogP contribution is 2.35. The minimum atomic E-state index is 0.746. The first kappa shape index (κ1) is 14.3. The van der Waals surface area contributed by atoms with Gasteiger partial charge in [-0.15, -0.1) is 11.3 Å². The van der Waals surface area contributed by atoms with Crippen molar-refractivity contribution < 1.29 is 0 Å². The average Bonchev–Trinajstić information content (AvgIpc) is 2.87. The van der Waals surface area contributed by atoms with Crippen LogP contribution in [0.5, 0.6) is 0 Å². The molecule has 0 aliphatic heterocycles. The Morgan fingerprint density at radius 3 is 2.33 bits per heavy atom. The number of aryl methyl sites for hydroxylation is 3. The Bertz CT molecular complexity index is 781. The first-order valence-corrected chi connectivity index (χ1v) is 8.10. The van der Waals surface area contributed by atoms with Crippen LogP contribution >= 0.6 is 22.9 Å². The van der Waals surface area contributed by atoms with Gasteiger partial charge in [0.05, 0.1) is 10.7 Å². The lowest BCUT2D eigenvalue weighted by molar-refractivity contribution is 1.29. The van der Waals surface area contributed by atoms with Crippen molar-refractivity contribution in [2.45, 2.75) is 20.8 Å². The molecule has 1 heterocycles. The number of benzene rings is 2. The third-order valence-corrected chi connectivity index (χ3v) is 4.75. The second kappa shape index (κ2) is 5.63. The highest BCUT2D eigenvalue weighted by molar-refractivity contribution is 7.13. The van der Waals surface area contributed by atoms with Crippen LogP contribution in [0.2, 0.25) is 5.02 Å². The Morgan fingerprint density at radius 2 is 1.67 bits per heavy atom. The van der Waals surface area contributed by atoms with Gasteiger partial charge in [0.25, 0.3) is 0 Å². The van der Waals surface area contributed by atoms with E-state index in [-0.39, 0.29) is 0 Å². The lowest BCUT2D eigenvalue weighted by Crippen LogP contribution is -1.90. The summed E-state index contributed by atoms with van der Waals surface area (Å²) >= 11 is 7.90. The Hall–Kier alpha value is -1.64. The van der Waals surface area contributed by atoms with E-state index >= 15 is 0 Å². The number of aromatic nitrogens is 1. The summed E-state index contributed by atoms with van der Waals surface area (Å²) in [5.41, 5.74) is 7.08. The average molecular weight is 314 g/mol. The topological polar surface area (TPSA) is 12.9 Å². The third kappa shape index (κ3) is 2.74. The number of rotatable bonds is 2. The predicted octanol–water partition coefficient (Wildman–Crippen LogP) is 6.06. The molecule has 0 unspecified atom stereocenters. The highest BCUT2D eigenvalue weighted by Gasteiger charge is 2.13. The Morgan fingerprint density at radius 1 is 1.00 bits per heavy atom. The van der Waals surface area contributed by atoms with Gasteiger partial charge < -0.3 is 0 Å². The van der Waals surface area contributed by atoms with Crippen LogP contribution in [0.15, 0.2) is 41.8 Å². The largest absolute Gasteiger partial charge is 0.236 e. The van der Waals surface area contributed by atoms with Crippen LogP contribution in [-0.4, -0.2) is 4.98 Å². The highest BCUT2D eigenvalue weighted by atomic mass is 35.5. The number of nitrogens with zero attached hydrogens (tertiary/aromatic N) is 1. The molecule has 3 rings (SSSR count). The number of halogens is 1. The van der Waals surface area contributed by atoms with E-state index in [1.165, 1.54) is 22.3 Å². The van der Waals surface area contributed by atoms with Crippen molar-refractivity contribution in [2.24, 2.45) is 0 Å². The summed E-state index contributed by atoms with van der Waals surface area (Å²) in [6.07, 6.45) is 0. The number of hydrogen-bond acceptors (Lipinski definition) is 2. The minimum absolute atomic E-state index is 0.746. The summed E-state index contributed by atoms with van der Waals surface area (Å²) in [6.45, 7) is 6.41. The second-order valence-electron chi connectivity index (χ2n) is 5.29. The maximum Gasteiger partial charge on any atom is 0.125 e. The molecule has 0 radical (unpaired) electrons. The monoisotopic (exact) mass is 313 g/mol. The third-order valence-electron chi connectivity index (χ3n) is 3.54. The molecule has 0 aliphatic carbocycles. The van der Waals surface area contributed by atoms with Crippen molar-refractivity contribution in [3.63, 3.8) is 0 Å².